The lowest BCUT2D eigenvalue weighted by Gasteiger charge is -2.17. The summed E-state index contributed by atoms with van der Waals surface area (Å²) >= 11 is 8.46. The van der Waals surface area contributed by atoms with E-state index in [0.717, 1.165) is 35.5 Å². The average Bonchev–Trinajstić information content (AvgIpc) is 3.56. The van der Waals surface area contributed by atoms with Crippen molar-refractivity contribution in [3.63, 3.8) is 0 Å². The van der Waals surface area contributed by atoms with Gasteiger partial charge in [-0.15, -0.1) is 16.9 Å². The topological polar surface area (TPSA) is 75.1 Å². The van der Waals surface area contributed by atoms with E-state index in [9.17, 15) is 4.79 Å². The number of amides is 1. The summed E-state index contributed by atoms with van der Waals surface area (Å²) in [4.78, 5) is 18.1. The molecule has 0 fully saturated rings. The number of carbonyl (C=O) groups excluding carboxylic acids is 1. The van der Waals surface area contributed by atoms with Crippen molar-refractivity contribution >= 4 is 40.6 Å². The first-order valence-electron chi connectivity index (χ1n) is 17.4. The Hall–Kier alpha value is -1.99. The Morgan fingerprint density at radius 3 is 1.95 bits per heavy atom. The Morgan fingerprint density at radius 2 is 1.41 bits per heavy atom. The van der Waals surface area contributed by atoms with Gasteiger partial charge in [-0.1, -0.05) is 143 Å². The molecule has 44 heavy (non-hydrogen) atoms. The summed E-state index contributed by atoms with van der Waals surface area (Å²) in [7, 11) is 0. The van der Waals surface area contributed by atoms with Crippen LogP contribution in [0, 0.1) is 0 Å². The molecule has 0 saturated carbocycles. The van der Waals surface area contributed by atoms with E-state index in [1.807, 2.05) is 36.0 Å². The molecule has 1 amide bonds. The Kier molecular flexibility index (Phi) is 16.2. The number of aromatic amines is 1. The zero-order chi connectivity index (χ0) is 31.8. The Bertz CT molecular complexity index is 1230. The molecule has 0 aliphatic heterocycles. The van der Waals surface area contributed by atoms with Gasteiger partial charge in [0.25, 0.3) is 0 Å². The second-order valence-corrected chi connectivity index (χ2v) is 15.1. The predicted molar refractivity (Wildman–Crippen MR) is 191 cm³/mol. The van der Waals surface area contributed by atoms with E-state index < -0.39 is 0 Å². The standard InChI is InChI=1S/C36H58ClN5OS/c1-6-8-10-12-14-15-16-17-18-20-22-30(44-27-21-19-13-11-9-7-2)35(43)38-29-25-23-28(24-26-29)33-39-34-31(37)32(36(3,4)5)40-42(34)41-33/h23-26,30,40H,6-22,27H2,1-5H3,(H,38,43). The van der Waals surface area contributed by atoms with Gasteiger partial charge in [0.1, 0.15) is 5.02 Å². The number of benzene rings is 1. The van der Waals surface area contributed by atoms with Crippen molar-refractivity contribution in [2.75, 3.05) is 11.1 Å². The van der Waals surface area contributed by atoms with E-state index >= 15 is 0 Å². The summed E-state index contributed by atoms with van der Waals surface area (Å²) in [5.74, 6) is 1.78. The Balaban J connectivity index is 1.51. The summed E-state index contributed by atoms with van der Waals surface area (Å²) in [5.41, 5.74) is 3.11. The molecule has 0 radical (unpaired) electrons. The number of nitrogens with one attached hydrogen (secondary N) is 2. The Morgan fingerprint density at radius 1 is 0.864 bits per heavy atom. The van der Waals surface area contributed by atoms with Crippen molar-refractivity contribution in [1.82, 2.24) is 19.8 Å². The number of unbranched alkanes of at least 4 members (excludes halogenated alkanes) is 14. The van der Waals surface area contributed by atoms with Crippen molar-refractivity contribution in [2.45, 2.75) is 154 Å². The highest BCUT2D eigenvalue weighted by atomic mass is 35.5. The minimum atomic E-state index is -0.127. The fraction of sp³-hybridized carbons (Fsp3) is 0.694. The van der Waals surface area contributed by atoms with Crippen molar-refractivity contribution < 1.29 is 4.79 Å². The second kappa shape index (κ2) is 19.5. The van der Waals surface area contributed by atoms with Gasteiger partial charge in [-0.2, -0.15) is 4.63 Å². The summed E-state index contributed by atoms with van der Waals surface area (Å²) < 4.78 is 1.65. The molecule has 3 rings (SSSR count). The molecule has 2 aromatic heterocycles. The van der Waals surface area contributed by atoms with Crippen LogP contribution in [0.15, 0.2) is 24.3 Å². The molecule has 1 atom stereocenters. The van der Waals surface area contributed by atoms with Crippen LogP contribution in [0.3, 0.4) is 0 Å². The fourth-order valence-corrected chi connectivity index (χ4v) is 7.21. The molecule has 8 heteroatoms. The van der Waals surface area contributed by atoms with Crippen molar-refractivity contribution in [2.24, 2.45) is 0 Å². The molecule has 6 nitrogen and oxygen atoms in total. The van der Waals surface area contributed by atoms with Crippen LogP contribution < -0.4 is 5.32 Å². The van der Waals surface area contributed by atoms with E-state index in [4.69, 9.17) is 11.6 Å². The van der Waals surface area contributed by atoms with Crippen molar-refractivity contribution in [3.05, 3.63) is 35.0 Å². The molecule has 3 aromatic rings. The molecule has 2 N–H and O–H groups in total. The van der Waals surface area contributed by atoms with Crippen molar-refractivity contribution in [1.29, 1.82) is 0 Å². The average molecular weight is 644 g/mol. The van der Waals surface area contributed by atoms with Gasteiger partial charge >= 0.3 is 0 Å². The monoisotopic (exact) mass is 643 g/mol. The molecule has 0 aliphatic rings. The molecular weight excluding hydrogens is 586 g/mol. The first-order valence-corrected chi connectivity index (χ1v) is 18.8. The van der Waals surface area contributed by atoms with Gasteiger partial charge in [0, 0.05) is 16.7 Å². The lowest BCUT2D eigenvalue weighted by molar-refractivity contribution is -0.115. The second-order valence-electron chi connectivity index (χ2n) is 13.4. The summed E-state index contributed by atoms with van der Waals surface area (Å²) in [6, 6.07) is 7.81. The third-order valence-corrected chi connectivity index (χ3v) is 10.1. The minimum absolute atomic E-state index is 0.00541. The number of hydrogen-bond donors (Lipinski definition) is 2. The maximum absolute atomic E-state index is 13.4. The third kappa shape index (κ3) is 12.1. The van der Waals surface area contributed by atoms with Crippen LogP contribution in [-0.4, -0.2) is 36.7 Å². The molecule has 0 saturated heterocycles. The quantitative estimate of drug-likeness (QED) is 0.107. The van der Waals surface area contributed by atoms with E-state index in [-0.39, 0.29) is 16.6 Å². The number of thioether (sulfide) groups is 1. The van der Waals surface area contributed by atoms with E-state index in [2.05, 4.69) is 55.1 Å². The van der Waals surface area contributed by atoms with E-state index in [0.29, 0.717) is 16.5 Å². The zero-order valence-electron chi connectivity index (χ0n) is 28.2. The number of aromatic nitrogens is 4. The van der Waals surface area contributed by atoms with Gasteiger partial charge in [-0.25, -0.2) is 4.98 Å². The molecule has 2 heterocycles. The van der Waals surface area contributed by atoms with Crippen LogP contribution in [0.25, 0.3) is 17.0 Å². The van der Waals surface area contributed by atoms with Crippen LogP contribution >= 0.6 is 23.4 Å². The lowest BCUT2D eigenvalue weighted by atomic mass is 9.92. The van der Waals surface area contributed by atoms with E-state index in [1.54, 1.807) is 4.63 Å². The van der Waals surface area contributed by atoms with Gasteiger partial charge in [0.05, 0.1) is 10.9 Å². The highest BCUT2D eigenvalue weighted by molar-refractivity contribution is 8.00. The zero-order valence-corrected chi connectivity index (χ0v) is 29.7. The Labute approximate surface area is 276 Å². The number of nitrogens with zero attached hydrogens (tertiary/aromatic N) is 3. The maximum atomic E-state index is 13.4. The number of carbonyl (C=O) groups is 1. The summed E-state index contributed by atoms with van der Waals surface area (Å²) in [6.07, 6.45) is 21.8. The number of hydrogen-bond acceptors (Lipinski definition) is 4. The normalized spacial score (nSPS) is 12.7. The fourth-order valence-electron chi connectivity index (χ4n) is 5.56. The summed E-state index contributed by atoms with van der Waals surface area (Å²) in [6.45, 7) is 10.8. The number of rotatable bonds is 22. The molecule has 0 aliphatic carbocycles. The molecule has 0 spiro atoms. The first-order chi connectivity index (χ1) is 21.2. The van der Waals surface area contributed by atoms with Crippen LogP contribution in [-0.2, 0) is 10.2 Å². The molecular formula is C36H58ClN5OS. The van der Waals surface area contributed by atoms with Crippen molar-refractivity contribution in [3.8, 4) is 11.4 Å². The number of anilines is 1. The highest BCUT2D eigenvalue weighted by Gasteiger charge is 2.24. The molecule has 1 unspecified atom stereocenters. The number of H-pyrrole nitrogens is 1. The minimum Gasteiger partial charge on any atom is -0.325 e. The highest BCUT2D eigenvalue weighted by Crippen LogP contribution is 2.32. The predicted octanol–water partition coefficient (Wildman–Crippen LogP) is 11.4. The number of fused-ring (bicyclic) bond motifs is 1. The van der Waals surface area contributed by atoms with Crippen LogP contribution in [0.5, 0.6) is 0 Å². The maximum Gasteiger partial charge on any atom is 0.237 e. The van der Waals surface area contributed by atoms with Gasteiger partial charge in [0.2, 0.25) is 5.91 Å². The van der Waals surface area contributed by atoms with Gasteiger partial charge in [0.15, 0.2) is 11.5 Å². The molecule has 246 valence electrons. The molecule has 0 bridgehead atoms. The van der Waals surface area contributed by atoms with Gasteiger partial charge in [-0.05, 0) is 42.9 Å². The largest absolute Gasteiger partial charge is 0.325 e. The lowest BCUT2D eigenvalue weighted by Crippen LogP contribution is -2.25. The number of halogens is 1. The van der Waals surface area contributed by atoms with Crippen LogP contribution in [0.4, 0.5) is 5.69 Å². The van der Waals surface area contributed by atoms with Gasteiger partial charge < -0.3 is 5.32 Å². The summed E-state index contributed by atoms with van der Waals surface area (Å²) in [5, 5.41) is 11.7. The third-order valence-electron chi connectivity index (χ3n) is 8.33. The van der Waals surface area contributed by atoms with E-state index in [1.165, 1.54) is 96.3 Å². The molecule has 1 aromatic carbocycles. The van der Waals surface area contributed by atoms with Gasteiger partial charge in [-0.3, -0.25) is 9.89 Å². The SMILES string of the molecule is CCCCCCCCCCCCC(SCCCCCCCC)C(=O)Nc1ccc(-c2nc3c(Cl)c(C(C)(C)C)[nH]n3n2)cc1. The smallest absolute Gasteiger partial charge is 0.237 e. The first kappa shape index (κ1) is 36.5. The van der Waals surface area contributed by atoms with Crippen LogP contribution in [0.2, 0.25) is 5.02 Å². The van der Waals surface area contributed by atoms with Crippen LogP contribution in [0.1, 0.15) is 149 Å².